The monoisotopic (exact) mass is 379 g/mol. The van der Waals surface area contributed by atoms with Gasteiger partial charge in [0.15, 0.2) is 23.1 Å². The third kappa shape index (κ3) is 5.06. The van der Waals surface area contributed by atoms with Gasteiger partial charge >= 0.3 is 5.97 Å². The standard InChI is InChI=1S/C18H18FNO7/c1-3-25-17-11-14(20(22)23)12(10-16(17)24-2)18(21)27-9-8-26-15-7-5-4-6-13(15)19/h4-7,10-11H,3,8-9H2,1-2H3. The van der Waals surface area contributed by atoms with Crippen molar-refractivity contribution in [1.82, 2.24) is 0 Å². The van der Waals surface area contributed by atoms with Gasteiger partial charge in [0.05, 0.1) is 24.7 Å². The molecular weight excluding hydrogens is 361 g/mol. The van der Waals surface area contributed by atoms with Crippen LogP contribution in [0, 0.1) is 15.9 Å². The lowest BCUT2D eigenvalue weighted by molar-refractivity contribution is -0.385. The van der Waals surface area contributed by atoms with Crippen molar-refractivity contribution in [2.45, 2.75) is 6.92 Å². The van der Waals surface area contributed by atoms with E-state index < -0.39 is 22.4 Å². The minimum absolute atomic E-state index is 0.0160. The Morgan fingerprint density at radius 2 is 1.85 bits per heavy atom. The molecule has 0 aliphatic rings. The number of halogens is 1. The minimum atomic E-state index is -0.930. The molecule has 0 amide bonds. The van der Waals surface area contributed by atoms with E-state index in [4.69, 9.17) is 18.9 Å². The number of ether oxygens (including phenoxy) is 4. The summed E-state index contributed by atoms with van der Waals surface area (Å²) < 4.78 is 34.0. The summed E-state index contributed by atoms with van der Waals surface area (Å²) in [6.07, 6.45) is 0. The summed E-state index contributed by atoms with van der Waals surface area (Å²) in [4.78, 5) is 22.8. The Morgan fingerprint density at radius 3 is 2.48 bits per heavy atom. The van der Waals surface area contributed by atoms with Crippen LogP contribution in [0.3, 0.4) is 0 Å². The van der Waals surface area contributed by atoms with Gasteiger partial charge in [0.1, 0.15) is 18.8 Å². The number of nitro benzene ring substituents is 1. The lowest BCUT2D eigenvalue weighted by Gasteiger charge is -2.12. The molecule has 0 unspecified atom stereocenters. The van der Waals surface area contributed by atoms with Crippen LogP contribution in [0.4, 0.5) is 10.1 Å². The highest BCUT2D eigenvalue weighted by atomic mass is 19.1. The molecule has 2 aromatic rings. The second kappa shape index (κ2) is 9.37. The fourth-order valence-electron chi connectivity index (χ4n) is 2.22. The number of rotatable bonds is 9. The maximum Gasteiger partial charge on any atom is 0.345 e. The number of nitrogens with zero attached hydrogens (tertiary/aromatic N) is 1. The molecule has 0 atom stereocenters. The van der Waals surface area contributed by atoms with Gasteiger partial charge in [-0.15, -0.1) is 0 Å². The van der Waals surface area contributed by atoms with Crippen LogP contribution in [0.25, 0.3) is 0 Å². The maximum absolute atomic E-state index is 13.4. The van der Waals surface area contributed by atoms with Gasteiger partial charge in [-0.3, -0.25) is 10.1 Å². The van der Waals surface area contributed by atoms with Crippen molar-refractivity contribution in [3.05, 3.63) is 57.9 Å². The number of benzene rings is 2. The Morgan fingerprint density at radius 1 is 1.11 bits per heavy atom. The highest BCUT2D eigenvalue weighted by molar-refractivity contribution is 5.95. The lowest BCUT2D eigenvalue weighted by atomic mass is 10.1. The molecule has 8 nitrogen and oxygen atoms in total. The Balaban J connectivity index is 2.08. The van der Waals surface area contributed by atoms with Gasteiger partial charge in [0, 0.05) is 6.07 Å². The fourth-order valence-corrected chi connectivity index (χ4v) is 2.22. The Hall–Kier alpha value is -3.36. The normalized spacial score (nSPS) is 10.2. The van der Waals surface area contributed by atoms with Crippen LogP contribution in [0.1, 0.15) is 17.3 Å². The molecule has 2 rings (SSSR count). The number of esters is 1. The van der Waals surface area contributed by atoms with Crippen LogP contribution in [-0.4, -0.2) is 37.8 Å². The second-order valence-electron chi connectivity index (χ2n) is 5.13. The summed E-state index contributed by atoms with van der Waals surface area (Å²) >= 11 is 0. The smallest absolute Gasteiger partial charge is 0.345 e. The Labute approximate surface area is 154 Å². The zero-order valence-electron chi connectivity index (χ0n) is 14.8. The first-order valence-electron chi connectivity index (χ1n) is 8.01. The molecule has 2 aromatic carbocycles. The average Bonchev–Trinajstić information content (AvgIpc) is 2.66. The molecule has 0 N–H and O–H groups in total. The molecule has 144 valence electrons. The molecule has 9 heteroatoms. The van der Waals surface area contributed by atoms with Crippen LogP contribution in [-0.2, 0) is 4.74 Å². The summed E-state index contributed by atoms with van der Waals surface area (Å²) in [6, 6.07) is 8.06. The van der Waals surface area contributed by atoms with Crippen molar-refractivity contribution in [2.75, 3.05) is 26.9 Å². The topological polar surface area (TPSA) is 97.1 Å². The van der Waals surface area contributed by atoms with Crippen LogP contribution >= 0.6 is 0 Å². The van der Waals surface area contributed by atoms with E-state index in [2.05, 4.69) is 0 Å². The van der Waals surface area contributed by atoms with Gasteiger partial charge in [0.25, 0.3) is 5.69 Å². The van der Waals surface area contributed by atoms with Crippen molar-refractivity contribution in [3.8, 4) is 17.2 Å². The van der Waals surface area contributed by atoms with Crippen molar-refractivity contribution in [3.63, 3.8) is 0 Å². The van der Waals surface area contributed by atoms with E-state index in [1.165, 1.54) is 31.4 Å². The third-order valence-electron chi connectivity index (χ3n) is 3.41. The van der Waals surface area contributed by atoms with Crippen molar-refractivity contribution in [2.24, 2.45) is 0 Å². The predicted molar refractivity (Wildman–Crippen MR) is 93.0 cm³/mol. The first-order valence-corrected chi connectivity index (χ1v) is 8.01. The van der Waals surface area contributed by atoms with Crippen LogP contribution < -0.4 is 14.2 Å². The van der Waals surface area contributed by atoms with E-state index >= 15 is 0 Å². The molecule has 0 fully saturated rings. The summed E-state index contributed by atoms with van der Waals surface area (Å²) in [5.74, 6) is -1.15. The van der Waals surface area contributed by atoms with Crippen LogP contribution in [0.2, 0.25) is 0 Å². The quantitative estimate of drug-likeness (QED) is 0.285. The van der Waals surface area contributed by atoms with Gasteiger partial charge in [-0.05, 0) is 19.1 Å². The van der Waals surface area contributed by atoms with E-state index in [1.54, 1.807) is 13.0 Å². The largest absolute Gasteiger partial charge is 0.493 e. The molecule has 0 saturated heterocycles. The van der Waals surface area contributed by atoms with Crippen LogP contribution in [0.15, 0.2) is 36.4 Å². The average molecular weight is 379 g/mol. The van der Waals surface area contributed by atoms with Crippen LogP contribution in [0.5, 0.6) is 17.2 Å². The van der Waals surface area contributed by atoms with Gasteiger partial charge < -0.3 is 18.9 Å². The number of carbonyl (C=O) groups excluding carboxylic acids is 1. The molecule has 0 aromatic heterocycles. The van der Waals surface area contributed by atoms with Crippen molar-refractivity contribution >= 4 is 11.7 Å². The van der Waals surface area contributed by atoms with E-state index in [0.29, 0.717) is 0 Å². The highest BCUT2D eigenvalue weighted by Gasteiger charge is 2.25. The summed E-state index contributed by atoms with van der Waals surface area (Å²) in [6.45, 7) is 1.64. The molecule has 0 heterocycles. The number of carbonyl (C=O) groups is 1. The number of methoxy groups -OCH3 is 1. The highest BCUT2D eigenvalue weighted by Crippen LogP contribution is 2.35. The van der Waals surface area contributed by atoms with Crippen molar-refractivity contribution < 1.29 is 33.1 Å². The number of hydrogen-bond donors (Lipinski definition) is 0. The molecule has 0 spiro atoms. The Kier molecular flexibility index (Phi) is 6.93. The predicted octanol–water partition coefficient (Wildman–Crippen LogP) is 3.38. The Bertz CT molecular complexity index is 825. The number of nitro groups is 1. The summed E-state index contributed by atoms with van der Waals surface area (Å²) in [7, 11) is 1.35. The molecule has 0 saturated carbocycles. The summed E-state index contributed by atoms with van der Waals surface area (Å²) in [5.41, 5.74) is -0.759. The first kappa shape index (κ1) is 20.0. The van der Waals surface area contributed by atoms with Gasteiger partial charge in [-0.1, -0.05) is 12.1 Å². The van der Waals surface area contributed by atoms with Gasteiger partial charge in [0.2, 0.25) is 0 Å². The zero-order chi connectivity index (χ0) is 19.8. The van der Waals surface area contributed by atoms with E-state index in [9.17, 15) is 19.3 Å². The number of para-hydroxylation sites is 1. The zero-order valence-corrected chi connectivity index (χ0v) is 14.8. The molecule has 0 bridgehead atoms. The van der Waals surface area contributed by atoms with Gasteiger partial charge in [-0.2, -0.15) is 0 Å². The maximum atomic E-state index is 13.4. The fraction of sp³-hybridized carbons (Fsp3) is 0.278. The third-order valence-corrected chi connectivity index (χ3v) is 3.41. The minimum Gasteiger partial charge on any atom is -0.493 e. The first-order chi connectivity index (χ1) is 13.0. The molecule has 27 heavy (non-hydrogen) atoms. The van der Waals surface area contributed by atoms with E-state index in [0.717, 1.165) is 6.07 Å². The molecule has 0 aliphatic heterocycles. The summed E-state index contributed by atoms with van der Waals surface area (Å²) in [5, 5.41) is 11.3. The van der Waals surface area contributed by atoms with Crippen molar-refractivity contribution in [1.29, 1.82) is 0 Å². The second-order valence-corrected chi connectivity index (χ2v) is 5.13. The molecule has 0 aliphatic carbocycles. The van der Waals surface area contributed by atoms with E-state index in [-0.39, 0.29) is 42.6 Å². The number of hydrogen-bond acceptors (Lipinski definition) is 7. The lowest BCUT2D eigenvalue weighted by Crippen LogP contribution is -2.14. The SMILES string of the molecule is CCOc1cc([N+](=O)[O-])c(C(=O)OCCOc2ccccc2F)cc1OC. The molecule has 0 radical (unpaired) electrons. The molecular formula is C18H18FNO7. The van der Waals surface area contributed by atoms with Gasteiger partial charge in [-0.25, -0.2) is 9.18 Å². The van der Waals surface area contributed by atoms with E-state index in [1.807, 2.05) is 0 Å².